The molecule has 1 aromatic rings. The van der Waals surface area contributed by atoms with Gasteiger partial charge in [-0.3, -0.25) is 14.5 Å². The van der Waals surface area contributed by atoms with E-state index in [4.69, 9.17) is 12.2 Å². The fourth-order valence-corrected chi connectivity index (χ4v) is 3.65. The van der Waals surface area contributed by atoms with E-state index >= 15 is 0 Å². The Labute approximate surface area is 124 Å². The molecule has 7 heteroatoms. The number of thiocarbonyl (C=S) groups is 1. The van der Waals surface area contributed by atoms with Crippen molar-refractivity contribution in [2.24, 2.45) is 0 Å². The van der Waals surface area contributed by atoms with E-state index < -0.39 is 5.97 Å². The maximum Gasteiger partial charge on any atom is 0.325 e. The quantitative estimate of drug-likeness (QED) is 0.487. The molecule has 0 spiro atoms. The Hall–Kier alpha value is -1.18. The van der Waals surface area contributed by atoms with Gasteiger partial charge in [-0.05, 0) is 30.0 Å². The van der Waals surface area contributed by atoms with Crippen molar-refractivity contribution in [1.82, 2.24) is 4.90 Å². The number of carbonyl (C=O) groups excluding carboxylic acids is 2. The predicted molar refractivity (Wildman–Crippen MR) is 81.0 cm³/mol. The highest BCUT2D eigenvalue weighted by molar-refractivity contribution is 8.26. The molecule has 2 heterocycles. The second-order valence-electron chi connectivity index (χ2n) is 3.81. The number of amides is 1. The van der Waals surface area contributed by atoms with E-state index in [9.17, 15) is 9.59 Å². The molecule has 1 fully saturated rings. The first-order chi connectivity index (χ1) is 9.02. The smallest absolute Gasteiger partial charge is 0.325 e. The number of ether oxygens (including phenoxy) is 1. The summed E-state index contributed by atoms with van der Waals surface area (Å²) in [7, 11) is 1.28. The minimum atomic E-state index is -0.482. The number of nitrogens with zero attached hydrogens (tertiary/aromatic N) is 1. The summed E-state index contributed by atoms with van der Waals surface area (Å²) in [5.41, 5.74) is 1.11. The Bertz CT molecular complexity index is 577. The first-order valence-corrected chi connectivity index (χ1v) is 7.49. The summed E-state index contributed by atoms with van der Waals surface area (Å²) in [5, 5.41) is 1.97. The van der Waals surface area contributed by atoms with Gasteiger partial charge >= 0.3 is 5.97 Å². The molecule has 0 unspecified atom stereocenters. The molecule has 4 nitrogen and oxygen atoms in total. The normalized spacial score (nSPS) is 17.4. The van der Waals surface area contributed by atoms with Crippen molar-refractivity contribution in [3.8, 4) is 0 Å². The van der Waals surface area contributed by atoms with Crippen molar-refractivity contribution in [2.45, 2.75) is 6.92 Å². The molecule has 1 aliphatic heterocycles. The largest absolute Gasteiger partial charge is 0.468 e. The van der Waals surface area contributed by atoms with Crippen LogP contribution in [0.4, 0.5) is 0 Å². The van der Waals surface area contributed by atoms with Crippen molar-refractivity contribution in [3.05, 3.63) is 26.8 Å². The topological polar surface area (TPSA) is 46.6 Å². The third-order valence-corrected chi connectivity index (χ3v) is 4.90. The van der Waals surface area contributed by atoms with Crippen LogP contribution in [0, 0.1) is 6.92 Å². The second kappa shape index (κ2) is 5.85. The van der Waals surface area contributed by atoms with E-state index in [0.717, 1.165) is 10.4 Å². The van der Waals surface area contributed by atoms with Crippen LogP contribution < -0.4 is 0 Å². The zero-order valence-electron chi connectivity index (χ0n) is 10.3. The molecule has 0 N–H and O–H groups in total. The second-order valence-corrected chi connectivity index (χ2v) is 6.44. The molecule has 0 aromatic carbocycles. The van der Waals surface area contributed by atoms with Gasteiger partial charge in [0, 0.05) is 4.88 Å². The van der Waals surface area contributed by atoms with Crippen molar-refractivity contribution < 1.29 is 14.3 Å². The monoisotopic (exact) mass is 313 g/mol. The maximum atomic E-state index is 12.2. The third-order valence-electron chi connectivity index (χ3n) is 2.55. The predicted octanol–water partition coefficient (Wildman–Crippen LogP) is 2.43. The Balaban J connectivity index is 2.21. The number of hydrogen-bond acceptors (Lipinski definition) is 6. The lowest BCUT2D eigenvalue weighted by atomic mass is 10.2. The van der Waals surface area contributed by atoms with Gasteiger partial charge in [0.15, 0.2) is 0 Å². The van der Waals surface area contributed by atoms with Crippen molar-refractivity contribution in [2.75, 3.05) is 13.7 Å². The van der Waals surface area contributed by atoms with E-state index in [1.54, 1.807) is 11.3 Å². The van der Waals surface area contributed by atoms with Gasteiger partial charge in [-0.15, -0.1) is 11.3 Å². The SMILES string of the molecule is COC(=O)CN1C(=O)C(=Cc2sccc2C)SC1=S. The highest BCUT2D eigenvalue weighted by atomic mass is 32.2. The van der Waals surface area contributed by atoms with Crippen LogP contribution >= 0.6 is 35.3 Å². The van der Waals surface area contributed by atoms with Crippen LogP contribution in [0.1, 0.15) is 10.4 Å². The number of esters is 1. The summed E-state index contributed by atoms with van der Waals surface area (Å²) in [6.45, 7) is 1.85. The van der Waals surface area contributed by atoms with E-state index in [2.05, 4.69) is 4.74 Å². The zero-order valence-corrected chi connectivity index (χ0v) is 12.8. The Kier molecular flexibility index (Phi) is 4.38. The van der Waals surface area contributed by atoms with E-state index in [0.29, 0.717) is 9.23 Å². The molecule has 0 atom stereocenters. The zero-order chi connectivity index (χ0) is 14.0. The first-order valence-electron chi connectivity index (χ1n) is 5.39. The van der Waals surface area contributed by atoms with Gasteiger partial charge in [-0.1, -0.05) is 24.0 Å². The molecule has 0 bridgehead atoms. The lowest BCUT2D eigenvalue weighted by Gasteiger charge is -2.11. The average molecular weight is 313 g/mol. The van der Waals surface area contributed by atoms with Gasteiger partial charge in [-0.2, -0.15) is 0 Å². The fourth-order valence-electron chi connectivity index (χ4n) is 1.48. The van der Waals surface area contributed by atoms with Gasteiger partial charge < -0.3 is 4.74 Å². The van der Waals surface area contributed by atoms with Crippen LogP contribution in [0.25, 0.3) is 6.08 Å². The number of rotatable bonds is 3. The molecule has 0 aliphatic carbocycles. The molecule has 19 heavy (non-hydrogen) atoms. The number of hydrogen-bond donors (Lipinski definition) is 0. The van der Waals surface area contributed by atoms with Crippen molar-refractivity contribution in [1.29, 1.82) is 0 Å². The Morgan fingerprint density at radius 3 is 2.89 bits per heavy atom. The van der Waals surface area contributed by atoms with Crippen LogP contribution in [-0.2, 0) is 14.3 Å². The number of methoxy groups -OCH3 is 1. The molecule has 1 aromatic heterocycles. The van der Waals surface area contributed by atoms with Crippen LogP contribution in [0.5, 0.6) is 0 Å². The number of aryl methyl sites for hydroxylation is 1. The molecular weight excluding hydrogens is 302 g/mol. The van der Waals surface area contributed by atoms with Crippen LogP contribution in [0.3, 0.4) is 0 Å². The minimum Gasteiger partial charge on any atom is -0.468 e. The molecule has 0 saturated carbocycles. The molecule has 1 amide bonds. The first kappa shape index (κ1) is 14.2. The number of carbonyl (C=O) groups is 2. The minimum absolute atomic E-state index is 0.137. The van der Waals surface area contributed by atoms with Crippen LogP contribution in [0.2, 0.25) is 0 Å². The molecular formula is C12H11NO3S3. The van der Waals surface area contributed by atoms with E-state index in [1.807, 2.05) is 24.4 Å². The van der Waals surface area contributed by atoms with Gasteiger partial charge in [-0.25, -0.2) is 0 Å². The maximum absolute atomic E-state index is 12.2. The Morgan fingerprint density at radius 1 is 1.58 bits per heavy atom. The van der Waals surface area contributed by atoms with Gasteiger partial charge in [0.1, 0.15) is 10.9 Å². The summed E-state index contributed by atoms with van der Waals surface area (Å²) < 4.78 is 4.93. The molecule has 0 radical (unpaired) electrons. The van der Waals surface area contributed by atoms with Crippen molar-refractivity contribution in [3.63, 3.8) is 0 Å². The lowest BCUT2D eigenvalue weighted by Crippen LogP contribution is -2.33. The van der Waals surface area contributed by atoms with Crippen LogP contribution in [-0.4, -0.2) is 34.8 Å². The molecule has 1 aliphatic rings. The van der Waals surface area contributed by atoms with Gasteiger partial charge in [0.2, 0.25) is 0 Å². The molecule has 100 valence electrons. The summed E-state index contributed by atoms with van der Waals surface area (Å²) in [4.78, 5) is 26.2. The summed E-state index contributed by atoms with van der Waals surface area (Å²) in [6.07, 6.45) is 1.82. The standard InChI is InChI=1S/C12H11NO3S3/c1-7-3-4-18-8(7)5-9-11(15)13(12(17)19-9)6-10(14)16-2/h3-5H,6H2,1-2H3. The lowest BCUT2D eigenvalue weighted by molar-refractivity contribution is -0.143. The summed E-state index contributed by atoms with van der Waals surface area (Å²) in [5.74, 6) is -0.724. The highest BCUT2D eigenvalue weighted by Crippen LogP contribution is 2.33. The number of thioether (sulfide) groups is 1. The molecule has 1 saturated heterocycles. The van der Waals surface area contributed by atoms with E-state index in [-0.39, 0.29) is 12.5 Å². The third kappa shape index (κ3) is 3.05. The summed E-state index contributed by atoms with van der Waals surface area (Å²) >= 11 is 7.89. The van der Waals surface area contributed by atoms with Gasteiger partial charge in [0.25, 0.3) is 5.91 Å². The molecule has 2 rings (SSSR count). The number of thiophene rings is 1. The van der Waals surface area contributed by atoms with Crippen molar-refractivity contribution >= 4 is 57.6 Å². The average Bonchev–Trinajstić information content (AvgIpc) is 2.89. The van der Waals surface area contributed by atoms with Crippen LogP contribution in [0.15, 0.2) is 16.4 Å². The summed E-state index contributed by atoms with van der Waals surface area (Å²) in [6, 6.07) is 1.99. The van der Waals surface area contributed by atoms with E-state index in [1.165, 1.54) is 23.8 Å². The highest BCUT2D eigenvalue weighted by Gasteiger charge is 2.33. The Morgan fingerprint density at radius 2 is 2.32 bits per heavy atom. The van der Waals surface area contributed by atoms with Gasteiger partial charge in [0.05, 0.1) is 12.0 Å². The fraction of sp³-hybridized carbons (Fsp3) is 0.250.